The van der Waals surface area contributed by atoms with E-state index < -0.39 is 11.8 Å². The number of halogens is 2. The maximum absolute atomic E-state index is 13.4. The molecular formula is C15H15ClFNO3. The Labute approximate surface area is 126 Å². The number of benzene rings is 1. The average Bonchev–Trinajstić information content (AvgIpc) is 2.51. The van der Waals surface area contributed by atoms with Gasteiger partial charge in [-0.15, -0.1) is 11.6 Å². The molecule has 21 heavy (non-hydrogen) atoms. The van der Waals surface area contributed by atoms with E-state index >= 15 is 0 Å². The Bertz CT molecular complexity index is 663. The number of fused-ring (bicyclic) bond motifs is 1. The topological polar surface area (TPSA) is 48.4 Å². The van der Waals surface area contributed by atoms with E-state index in [2.05, 4.69) is 9.72 Å². The van der Waals surface area contributed by atoms with E-state index in [1.807, 2.05) is 6.92 Å². The first-order valence-electron chi connectivity index (χ1n) is 6.42. The van der Waals surface area contributed by atoms with Crippen molar-refractivity contribution in [3.8, 4) is 5.75 Å². The molecule has 0 amide bonds. The van der Waals surface area contributed by atoms with Gasteiger partial charge in [0.1, 0.15) is 11.6 Å². The van der Waals surface area contributed by atoms with Crippen molar-refractivity contribution in [3.63, 3.8) is 0 Å². The van der Waals surface area contributed by atoms with Crippen molar-refractivity contribution in [3.05, 3.63) is 35.8 Å². The second-order valence-corrected chi connectivity index (χ2v) is 5.04. The van der Waals surface area contributed by atoms with E-state index in [9.17, 15) is 9.18 Å². The van der Waals surface area contributed by atoms with Gasteiger partial charge in [0.15, 0.2) is 5.69 Å². The lowest BCUT2D eigenvalue weighted by atomic mass is 10.1. The van der Waals surface area contributed by atoms with Gasteiger partial charge in [0, 0.05) is 23.3 Å². The first-order valence-corrected chi connectivity index (χ1v) is 6.96. The second-order valence-electron chi connectivity index (χ2n) is 4.73. The molecule has 0 saturated heterocycles. The van der Waals surface area contributed by atoms with Crippen LogP contribution in [0.1, 0.15) is 17.4 Å². The Morgan fingerprint density at radius 1 is 1.43 bits per heavy atom. The van der Waals surface area contributed by atoms with Crippen LogP contribution < -0.4 is 4.74 Å². The molecule has 0 aliphatic heterocycles. The zero-order valence-corrected chi connectivity index (χ0v) is 12.5. The normalized spacial score (nSPS) is 12.2. The van der Waals surface area contributed by atoms with E-state index in [0.717, 1.165) is 0 Å². The molecule has 1 aromatic carbocycles. The van der Waals surface area contributed by atoms with E-state index in [4.69, 9.17) is 16.3 Å². The largest absolute Gasteiger partial charge is 0.492 e. The molecule has 0 spiro atoms. The number of methoxy groups -OCH3 is 1. The number of ether oxygens (including phenoxy) is 2. The summed E-state index contributed by atoms with van der Waals surface area (Å²) < 4.78 is 23.7. The monoisotopic (exact) mass is 311 g/mol. The SMILES string of the molecule is COC(=O)c1cc(OCC(C)CCl)c2cc(F)ccc2n1. The number of aromatic nitrogens is 1. The number of alkyl halides is 1. The third-order valence-corrected chi connectivity index (χ3v) is 3.44. The summed E-state index contributed by atoms with van der Waals surface area (Å²) in [5, 5.41) is 0.504. The highest BCUT2D eigenvalue weighted by Crippen LogP contribution is 2.27. The van der Waals surface area contributed by atoms with Gasteiger partial charge < -0.3 is 9.47 Å². The van der Waals surface area contributed by atoms with Gasteiger partial charge in [-0.25, -0.2) is 14.2 Å². The van der Waals surface area contributed by atoms with Crippen LogP contribution in [0.5, 0.6) is 5.75 Å². The minimum Gasteiger partial charge on any atom is -0.492 e. The molecule has 0 aliphatic rings. The molecular weight excluding hydrogens is 297 g/mol. The van der Waals surface area contributed by atoms with Crippen molar-refractivity contribution in [1.82, 2.24) is 4.98 Å². The average molecular weight is 312 g/mol. The smallest absolute Gasteiger partial charge is 0.356 e. The summed E-state index contributed by atoms with van der Waals surface area (Å²) in [7, 11) is 1.27. The number of rotatable bonds is 5. The highest BCUT2D eigenvalue weighted by atomic mass is 35.5. The predicted octanol–water partition coefficient (Wildman–Crippen LogP) is 3.41. The number of carbonyl (C=O) groups is 1. The number of hydrogen-bond acceptors (Lipinski definition) is 4. The van der Waals surface area contributed by atoms with Crippen molar-refractivity contribution >= 4 is 28.5 Å². The van der Waals surface area contributed by atoms with Crippen LogP contribution in [0.15, 0.2) is 24.3 Å². The number of pyridine rings is 1. The molecule has 4 nitrogen and oxygen atoms in total. The lowest BCUT2D eigenvalue weighted by Gasteiger charge is -2.13. The van der Waals surface area contributed by atoms with E-state index in [0.29, 0.717) is 29.1 Å². The Hall–Kier alpha value is -1.88. The fraction of sp³-hybridized carbons (Fsp3) is 0.333. The first kappa shape index (κ1) is 15.5. The van der Waals surface area contributed by atoms with Crippen molar-refractivity contribution in [2.45, 2.75) is 6.92 Å². The number of hydrogen-bond donors (Lipinski definition) is 0. The van der Waals surface area contributed by atoms with Crippen molar-refractivity contribution < 1.29 is 18.7 Å². The third-order valence-electron chi connectivity index (χ3n) is 2.91. The van der Waals surface area contributed by atoms with Crippen LogP contribution in [0.2, 0.25) is 0 Å². The second kappa shape index (κ2) is 6.72. The summed E-state index contributed by atoms with van der Waals surface area (Å²) in [4.78, 5) is 15.8. The number of esters is 1. The molecule has 0 fully saturated rings. The van der Waals surface area contributed by atoms with E-state index in [-0.39, 0.29) is 11.6 Å². The molecule has 6 heteroatoms. The van der Waals surface area contributed by atoms with Crippen LogP contribution in [-0.4, -0.2) is 30.5 Å². The lowest BCUT2D eigenvalue weighted by Crippen LogP contribution is -2.11. The maximum Gasteiger partial charge on any atom is 0.356 e. The lowest BCUT2D eigenvalue weighted by molar-refractivity contribution is 0.0594. The minimum absolute atomic E-state index is 0.116. The van der Waals surface area contributed by atoms with Crippen LogP contribution in [0, 0.1) is 11.7 Å². The number of nitrogens with zero attached hydrogens (tertiary/aromatic N) is 1. The summed E-state index contributed by atoms with van der Waals surface area (Å²) in [5.41, 5.74) is 0.581. The molecule has 0 radical (unpaired) electrons. The summed E-state index contributed by atoms with van der Waals surface area (Å²) in [6, 6.07) is 5.55. The highest BCUT2D eigenvalue weighted by Gasteiger charge is 2.14. The molecule has 0 saturated carbocycles. The van der Waals surface area contributed by atoms with Crippen LogP contribution in [0.25, 0.3) is 10.9 Å². The zero-order valence-electron chi connectivity index (χ0n) is 11.7. The van der Waals surface area contributed by atoms with Gasteiger partial charge in [-0.05, 0) is 18.2 Å². The molecule has 0 bridgehead atoms. The van der Waals surface area contributed by atoms with Crippen LogP contribution in [-0.2, 0) is 4.74 Å². The van der Waals surface area contributed by atoms with Gasteiger partial charge in [0.2, 0.25) is 0 Å². The van der Waals surface area contributed by atoms with Crippen molar-refractivity contribution in [2.75, 3.05) is 19.6 Å². The highest BCUT2D eigenvalue weighted by molar-refractivity contribution is 6.18. The Morgan fingerprint density at radius 3 is 2.86 bits per heavy atom. The first-order chi connectivity index (χ1) is 10.0. The fourth-order valence-corrected chi connectivity index (χ4v) is 1.86. The molecule has 1 heterocycles. The Balaban J connectivity index is 2.47. The predicted molar refractivity (Wildman–Crippen MR) is 78.4 cm³/mol. The standard InChI is InChI=1S/C15H15ClFNO3/c1-9(7-16)8-21-14-6-13(15(19)20-2)18-12-4-3-10(17)5-11(12)14/h3-6,9H,7-8H2,1-2H3. The quantitative estimate of drug-likeness (QED) is 0.627. The maximum atomic E-state index is 13.4. The van der Waals surface area contributed by atoms with Crippen molar-refractivity contribution in [1.29, 1.82) is 0 Å². The Kier molecular flexibility index (Phi) is 4.96. The van der Waals surface area contributed by atoms with Gasteiger partial charge in [-0.1, -0.05) is 6.92 Å². The summed E-state index contributed by atoms with van der Waals surface area (Å²) in [5.74, 6) is -0.00923. The van der Waals surface area contributed by atoms with Gasteiger partial charge in [-0.2, -0.15) is 0 Å². The summed E-state index contributed by atoms with van der Waals surface area (Å²) >= 11 is 5.74. The number of carbonyl (C=O) groups excluding carboxylic acids is 1. The summed E-state index contributed by atoms with van der Waals surface area (Å²) in [6.45, 7) is 2.29. The van der Waals surface area contributed by atoms with E-state index in [1.54, 1.807) is 0 Å². The van der Waals surface area contributed by atoms with Gasteiger partial charge in [0.05, 0.1) is 19.2 Å². The minimum atomic E-state index is -0.573. The van der Waals surface area contributed by atoms with Gasteiger partial charge >= 0.3 is 5.97 Å². The molecule has 2 rings (SSSR count). The molecule has 112 valence electrons. The molecule has 1 atom stereocenters. The van der Waals surface area contributed by atoms with Gasteiger partial charge in [0.25, 0.3) is 0 Å². The molecule has 0 aliphatic carbocycles. The zero-order chi connectivity index (χ0) is 15.4. The van der Waals surface area contributed by atoms with Crippen LogP contribution >= 0.6 is 11.6 Å². The summed E-state index contributed by atoms with van der Waals surface area (Å²) in [6.07, 6.45) is 0. The van der Waals surface area contributed by atoms with Crippen LogP contribution in [0.4, 0.5) is 4.39 Å². The van der Waals surface area contributed by atoms with Crippen LogP contribution in [0.3, 0.4) is 0 Å². The third kappa shape index (κ3) is 3.61. The molecule has 1 unspecified atom stereocenters. The molecule has 2 aromatic rings. The molecule has 1 aromatic heterocycles. The van der Waals surface area contributed by atoms with Gasteiger partial charge in [-0.3, -0.25) is 0 Å². The van der Waals surface area contributed by atoms with Crippen molar-refractivity contribution in [2.24, 2.45) is 5.92 Å². The fourth-order valence-electron chi connectivity index (χ4n) is 1.77. The Morgan fingerprint density at radius 2 is 2.19 bits per heavy atom. The molecule has 0 N–H and O–H groups in total. The van der Waals surface area contributed by atoms with E-state index in [1.165, 1.54) is 31.4 Å².